The molecule has 0 aromatic carbocycles. The van der Waals surface area contributed by atoms with Gasteiger partial charge in [-0.2, -0.15) is 0 Å². The fourth-order valence-corrected chi connectivity index (χ4v) is 5.15. The second kappa shape index (κ2) is 23.2. The Labute approximate surface area is 209 Å². The van der Waals surface area contributed by atoms with E-state index < -0.39 is 11.4 Å². The minimum Gasteiger partial charge on any atom is -0.481 e. The summed E-state index contributed by atoms with van der Waals surface area (Å²) in [6.45, 7) is 8.73. The van der Waals surface area contributed by atoms with E-state index in [4.69, 9.17) is 0 Å². The van der Waals surface area contributed by atoms with Gasteiger partial charge in [-0.3, -0.25) is 4.79 Å². The summed E-state index contributed by atoms with van der Waals surface area (Å²) in [4.78, 5) is 12.1. The fraction of sp³-hybridized carbons (Fsp3) is 0.968. The van der Waals surface area contributed by atoms with Gasteiger partial charge >= 0.3 is 5.97 Å². The number of carboxylic acid groups (broad SMARTS) is 1. The van der Waals surface area contributed by atoms with Crippen LogP contribution in [-0.4, -0.2) is 11.1 Å². The maximum absolute atomic E-state index is 12.1. The van der Waals surface area contributed by atoms with Gasteiger partial charge in [0.25, 0.3) is 0 Å². The van der Waals surface area contributed by atoms with Crippen molar-refractivity contribution in [2.75, 3.05) is 0 Å². The fourth-order valence-electron chi connectivity index (χ4n) is 5.15. The molecule has 0 fully saturated rings. The Morgan fingerprint density at radius 3 is 1.21 bits per heavy atom. The highest BCUT2D eigenvalue weighted by atomic mass is 16.4. The molecule has 2 heteroatoms. The van der Waals surface area contributed by atoms with E-state index in [1.54, 1.807) is 0 Å². The first-order valence-electron chi connectivity index (χ1n) is 15.2. The molecule has 0 aliphatic carbocycles. The van der Waals surface area contributed by atoms with E-state index in [-0.39, 0.29) is 5.92 Å². The molecule has 0 saturated carbocycles. The second-order valence-corrected chi connectivity index (χ2v) is 11.2. The van der Waals surface area contributed by atoms with Crippen molar-refractivity contribution in [2.24, 2.45) is 11.3 Å². The van der Waals surface area contributed by atoms with Gasteiger partial charge in [0.05, 0.1) is 5.41 Å². The number of carboxylic acids is 1. The molecule has 0 rings (SSSR count). The molecule has 0 amide bonds. The maximum Gasteiger partial charge on any atom is 0.309 e. The average molecular weight is 467 g/mol. The summed E-state index contributed by atoms with van der Waals surface area (Å²) < 4.78 is 0. The van der Waals surface area contributed by atoms with Crippen molar-refractivity contribution in [2.45, 2.75) is 182 Å². The van der Waals surface area contributed by atoms with E-state index in [1.807, 2.05) is 6.92 Å². The van der Waals surface area contributed by atoms with E-state index in [1.165, 1.54) is 135 Å². The van der Waals surface area contributed by atoms with Crippen molar-refractivity contribution < 1.29 is 9.90 Å². The van der Waals surface area contributed by atoms with Crippen molar-refractivity contribution >= 4 is 5.97 Å². The third kappa shape index (κ3) is 18.5. The topological polar surface area (TPSA) is 37.3 Å². The lowest BCUT2D eigenvalue weighted by atomic mass is 9.72. The van der Waals surface area contributed by atoms with Gasteiger partial charge in [0.15, 0.2) is 0 Å². The third-order valence-electron chi connectivity index (χ3n) is 8.12. The lowest BCUT2D eigenvalue weighted by Crippen LogP contribution is -2.34. The minimum absolute atomic E-state index is 0.275. The monoisotopic (exact) mass is 466 g/mol. The smallest absolute Gasteiger partial charge is 0.309 e. The lowest BCUT2D eigenvalue weighted by molar-refractivity contribution is -0.151. The molecule has 33 heavy (non-hydrogen) atoms. The number of carbonyl (C=O) groups is 1. The Morgan fingerprint density at radius 1 is 0.576 bits per heavy atom. The normalized spacial score (nSPS) is 14.3. The first kappa shape index (κ1) is 32.5. The number of unbranched alkanes of at least 4 members (excludes halogenated alkanes) is 20. The first-order chi connectivity index (χ1) is 16.0. The van der Waals surface area contributed by atoms with Gasteiger partial charge < -0.3 is 5.11 Å². The van der Waals surface area contributed by atoms with E-state index in [2.05, 4.69) is 20.8 Å². The molecular weight excluding hydrogens is 404 g/mol. The van der Waals surface area contributed by atoms with Gasteiger partial charge in [-0.1, -0.05) is 162 Å². The van der Waals surface area contributed by atoms with Crippen LogP contribution in [-0.2, 0) is 4.79 Å². The molecular formula is C31H62O2. The van der Waals surface area contributed by atoms with Crippen molar-refractivity contribution in [3.05, 3.63) is 0 Å². The van der Waals surface area contributed by atoms with Crippen molar-refractivity contribution in [1.82, 2.24) is 0 Å². The van der Waals surface area contributed by atoms with Gasteiger partial charge in [0.1, 0.15) is 0 Å². The standard InChI is InChI=1S/C31H62O2/c1-5-7-9-11-13-15-16-17-18-19-21-23-25-27-29(3)31(4,30(32)33)28-26-24-22-20-14-12-10-8-6-2/h29H,5-28H2,1-4H3,(H,32,33). The Kier molecular flexibility index (Phi) is 22.9. The molecule has 0 aliphatic rings. The Bertz CT molecular complexity index is 419. The quantitative estimate of drug-likeness (QED) is 0.129. The second-order valence-electron chi connectivity index (χ2n) is 11.2. The van der Waals surface area contributed by atoms with Crippen LogP contribution < -0.4 is 0 Å². The van der Waals surface area contributed by atoms with Crippen LogP contribution in [0.1, 0.15) is 182 Å². The van der Waals surface area contributed by atoms with Gasteiger partial charge in [-0.15, -0.1) is 0 Å². The molecule has 2 unspecified atom stereocenters. The highest BCUT2D eigenvalue weighted by molar-refractivity contribution is 5.74. The van der Waals surface area contributed by atoms with Crippen LogP contribution >= 0.6 is 0 Å². The molecule has 0 aromatic heterocycles. The van der Waals surface area contributed by atoms with Crippen molar-refractivity contribution in [3.63, 3.8) is 0 Å². The maximum atomic E-state index is 12.1. The number of rotatable bonds is 26. The molecule has 198 valence electrons. The van der Waals surface area contributed by atoms with E-state index in [0.29, 0.717) is 0 Å². The predicted octanol–water partition coefficient (Wildman–Crippen LogP) is 11.1. The van der Waals surface area contributed by atoms with Gasteiger partial charge in [0, 0.05) is 0 Å². The zero-order chi connectivity index (χ0) is 24.6. The summed E-state index contributed by atoms with van der Waals surface area (Å²) >= 11 is 0. The Balaban J connectivity index is 3.76. The SMILES string of the molecule is CCCCCCCCCCCCCCCC(C)C(C)(CCCCCCCCCCC)C(=O)O. The van der Waals surface area contributed by atoms with Crippen LogP contribution in [0.2, 0.25) is 0 Å². The number of hydrogen-bond donors (Lipinski definition) is 1. The largest absolute Gasteiger partial charge is 0.481 e. The molecule has 0 saturated heterocycles. The molecule has 0 heterocycles. The van der Waals surface area contributed by atoms with Crippen LogP contribution in [0.15, 0.2) is 0 Å². The number of aliphatic carboxylic acids is 1. The van der Waals surface area contributed by atoms with Gasteiger partial charge in [-0.05, 0) is 25.7 Å². The van der Waals surface area contributed by atoms with Crippen LogP contribution in [0.4, 0.5) is 0 Å². The highest BCUT2D eigenvalue weighted by Crippen LogP contribution is 2.37. The Morgan fingerprint density at radius 2 is 0.879 bits per heavy atom. The summed E-state index contributed by atoms with van der Waals surface area (Å²) in [5, 5.41) is 9.93. The van der Waals surface area contributed by atoms with Crippen LogP contribution in [0.25, 0.3) is 0 Å². The van der Waals surface area contributed by atoms with Crippen molar-refractivity contribution in [1.29, 1.82) is 0 Å². The molecule has 2 atom stereocenters. The molecule has 0 radical (unpaired) electrons. The molecule has 0 bridgehead atoms. The van der Waals surface area contributed by atoms with Crippen LogP contribution in [0.3, 0.4) is 0 Å². The molecule has 0 aliphatic heterocycles. The van der Waals surface area contributed by atoms with E-state index >= 15 is 0 Å². The minimum atomic E-state index is -0.579. The molecule has 1 N–H and O–H groups in total. The van der Waals surface area contributed by atoms with Gasteiger partial charge in [0.2, 0.25) is 0 Å². The summed E-state index contributed by atoms with van der Waals surface area (Å²) in [6, 6.07) is 0. The number of hydrogen-bond acceptors (Lipinski definition) is 1. The molecule has 2 nitrogen and oxygen atoms in total. The Hall–Kier alpha value is -0.530. The summed E-state index contributed by atoms with van der Waals surface area (Å²) in [5.41, 5.74) is -0.543. The summed E-state index contributed by atoms with van der Waals surface area (Å²) in [5.74, 6) is -0.305. The zero-order valence-electron chi connectivity index (χ0n) is 23.4. The van der Waals surface area contributed by atoms with E-state index in [0.717, 1.165) is 19.3 Å². The van der Waals surface area contributed by atoms with Gasteiger partial charge in [-0.25, -0.2) is 0 Å². The first-order valence-corrected chi connectivity index (χ1v) is 15.2. The predicted molar refractivity (Wildman–Crippen MR) is 147 cm³/mol. The highest BCUT2D eigenvalue weighted by Gasteiger charge is 2.37. The average Bonchev–Trinajstić information content (AvgIpc) is 2.80. The zero-order valence-corrected chi connectivity index (χ0v) is 23.4. The third-order valence-corrected chi connectivity index (χ3v) is 8.12. The van der Waals surface area contributed by atoms with Crippen molar-refractivity contribution in [3.8, 4) is 0 Å². The lowest BCUT2D eigenvalue weighted by Gasteiger charge is -2.32. The summed E-state index contributed by atoms with van der Waals surface area (Å²) in [7, 11) is 0. The van der Waals surface area contributed by atoms with E-state index in [9.17, 15) is 9.90 Å². The van der Waals surface area contributed by atoms with Crippen LogP contribution in [0, 0.1) is 11.3 Å². The molecule has 0 aromatic rings. The summed E-state index contributed by atoms with van der Waals surface area (Å²) in [6.07, 6.45) is 31.4. The van der Waals surface area contributed by atoms with Crippen LogP contribution in [0.5, 0.6) is 0 Å². The molecule has 0 spiro atoms.